The predicted octanol–water partition coefficient (Wildman–Crippen LogP) is 0.348. The van der Waals surface area contributed by atoms with E-state index in [0.29, 0.717) is 26.3 Å². The number of hydrogen-bond acceptors (Lipinski definition) is 3. The number of rotatable bonds is 1. The second kappa shape index (κ2) is 7.62. The van der Waals surface area contributed by atoms with E-state index in [-0.39, 0.29) is 11.0 Å². The average Bonchev–Trinajstić information content (AvgIpc) is 2.39. The highest BCUT2D eigenvalue weighted by atomic mass is 32.1. The largest absolute Gasteiger partial charge is 0.378 e. The average molecular weight is 267 g/mol. The molecule has 1 saturated heterocycles. The molecule has 1 aliphatic rings. The summed E-state index contributed by atoms with van der Waals surface area (Å²) in [5.41, 5.74) is 10.00. The van der Waals surface area contributed by atoms with Gasteiger partial charge in [0, 0.05) is 18.7 Å². The Kier molecular flexibility index (Phi) is 6.10. The van der Waals surface area contributed by atoms with Gasteiger partial charge in [-0.25, -0.2) is 0 Å². The molecule has 0 spiro atoms. The number of thiocarbonyl (C=S) groups is 1. The van der Waals surface area contributed by atoms with E-state index in [1.54, 1.807) is 0 Å². The highest BCUT2D eigenvalue weighted by molar-refractivity contribution is 7.80. The number of nitrogens with two attached hydrogens (primary N) is 2. The third kappa shape index (κ3) is 5.11. The van der Waals surface area contributed by atoms with Crippen LogP contribution in [0.3, 0.4) is 0 Å². The molecule has 6 heteroatoms. The Balaban J connectivity index is 0.000000357. The van der Waals surface area contributed by atoms with Gasteiger partial charge in [-0.15, -0.1) is 0 Å². The number of ether oxygens (including phenoxy) is 1. The van der Waals surface area contributed by atoms with Gasteiger partial charge in [0.15, 0.2) is 5.11 Å². The van der Waals surface area contributed by atoms with Crippen LogP contribution in [0, 0.1) is 0 Å². The van der Waals surface area contributed by atoms with Crippen molar-refractivity contribution >= 4 is 23.2 Å². The van der Waals surface area contributed by atoms with Crippen LogP contribution in [0.2, 0.25) is 0 Å². The first-order chi connectivity index (χ1) is 8.61. The Morgan fingerprint density at radius 3 is 2.17 bits per heavy atom. The number of benzene rings is 1. The van der Waals surface area contributed by atoms with Gasteiger partial charge in [-0.3, -0.25) is 4.79 Å². The summed E-state index contributed by atoms with van der Waals surface area (Å²) in [5, 5.41) is 0.000000000000000222. The Hall–Kier alpha value is -1.66. The zero-order chi connectivity index (χ0) is 13.4. The van der Waals surface area contributed by atoms with Crippen molar-refractivity contribution in [1.82, 2.24) is 4.90 Å². The predicted molar refractivity (Wildman–Crippen MR) is 74.1 cm³/mol. The molecular formula is C12H17N3O2S. The van der Waals surface area contributed by atoms with Crippen LogP contribution in [0.1, 0.15) is 10.4 Å². The summed E-state index contributed by atoms with van der Waals surface area (Å²) >= 11 is 4.09. The van der Waals surface area contributed by atoms with E-state index in [4.69, 9.17) is 4.74 Å². The molecule has 2 rings (SSSR count). The smallest absolute Gasteiger partial charge is 0.254 e. The molecule has 0 saturated carbocycles. The Morgan fingerprint density at radius 2 is 1.67 bits per heavy atom. The Labute approximate surface area is 112 Å². The van der Waals surface area contributed by atoms with Gasteiger partial charge in [-0.2, -0.15) is 0 Å². The van der Waals surface area contributed by atoms with E-state index < -0.39 is 0 Å². The van der Waals surface area contributed by atoms with Crippen molar-refractivity contribution in [2.75, 3.05) is 26.3 Å². The molecule has 1 heterocycles. The van der Waals surface area contributed by atoms with Crippen molar-refractivity contribution in [3.05, 3.63) is 35.9 Å². The maximum atomic E-state index is 11.9. The van der Waals surface area contributed by atoms with Crippen molar-refractivity contribution in [2.45, 2.75) is 0 Å². The van der Waals surface area contributed by atoms with Crippen LogP contribution in [-0.2, 0) is 4.74 Å². The minimum atomic E-state index is 0.000000000000000222. The first kappa shape index (κ1) is 14.4. The SMILES string of the molecule is NC(N)=S.O=C(c1ccccc1)N1CCOCC1. The van der Waals surface area contributed by atoms with Gasteiger partial charge in [-0.1, -0.05) is 18.2 Å². The van der Waals surface area contributed by atoms with Crippen molar-refractivity contribution in [3.63, 3.8) is 0 Å². The monoisotopic (exact) mass is 267 g/mol. The van der Waals surface area contributed by atoms with Gasteiger partial charge in [0.2, 0.25) is 0 Å². The summed E-state index contributed by atoms with van der Waals surface area (Å²) in [6.45, 7) is 2.71. The molecule has 1 aliphatic heterocycles. The number of amides is 1. The molecule has 0 aliphatic carbocycles. The lowest BCUT2D eigenvalue weighted by atomic mass is 10.2. The van der Waals surface area contributed by atoms with E-state index in [9.17, 15) is 4.79 Å². The third-order valence-electron chi connectivity index (χ3n) is 2.32. The lowest BCUT2D eigenvalue weighted by molar-refractivity contribution is 0.0303. The van der Waals surface area contributed by atoms with E-state index in [1.165, 1.54) is 0 Å². The molecule has 4 N–H and O–H groups in total. The molecule has 5 nitrogen and oxygen atoms in total. The number of nitrogens with zero attached hydrogens (tertiary/aromatic N) is 1. The van der Waals surface area contributed by atoms with Crippen LogP contribution in [0.5, 0.6) is 0 Å². The molecule has 0 radical (unpaired) electrons. The molecule has 1 aromatic rings. The summed E-state index contributed by atoms with van der Waals surface area (Å²) in [6.07, 6.45) is 0. The highest BCUT2D eigenvalue weighted by Crippen LogP contribution is 2.06. The van der Waals surface area contributed by atoms with Crippen molar-refractivity contribution in [1.29, 1.82) is 0 Å². The zero-order valence-electron chi connectivity index (χ0n) is 10.0. The normalized spacial score (nSPS) is 14.3. The number of carbonyl (C=O) groups excluding carboxylic acids is 1. The van der Waals surface area contributed by atoms with Crippen LogP contribution in [0.4, 0.5) is 0 Å². The second-order valence-corrected chi connectivity index (χ2v) is 4.14. The van der Waals surface area contributed by atoms with Gasteiger partial charge in [-0.05, 0) is 24.4 Å². The van der Waals surface area contributed by atoms with E-state index in [1.807, 2.05) is 35.2 Å². The first-order valence-corrected chi connectivity index (χ1v) is 5.99. The van der Waals surface area contributed by atoms with Crippen LogP contribution in [0.15, 0.2) is 30.3 Å². The third-order valence-corrected chi connectivity index (χ3v) is 2.32. The molecule has 98 valence electrons. The fourth-order valence-corrected chi connectivity index (χ4v) is 1.53. The molecule has 18 heavy (non-hydrogen) atoms. The molecular weight excluding hydrogens is 250 g/mol. The van der Waals surface area contributed by atoms with Crippen LogP contribution in [0.25, 0.3) is 0 Å². The molecule has 0 unspecified atom stereocenters. The lowest BCUT2D eigenvalue weighted by Crippen LogP contribution is -2.40. The minimum Gasteiger partial charge on any atom is -0.378 e. The molecule has 1 fully saturated rings. The first-order valence-electron chi connectivity index (χ1n) is 5.58. The standard InChI is InChI=1S/C11H13NO2.CH4N2S/c13-11(10-4-2-1-3-5-10)12-6-8-14-9-7-12;2-1(3)4/h1-5H,6-9H2;(H4,2,3,4). The van der Waals surface area contributed by atoms with Gasteiger partial charge in [0.1, 0.15) is 0 Å². The minimum absolute atomic E-state index is 0.000000000000000222. The number of carbonyl (C=O) groups is 1. The highest BCUT2D eigenvalue weighted by Gasteiger charge is 2.17. The molecule has 0 aromatic heterocycles. The van der Waals surface area contributed by atoms with Gasteiger partial charge >= 0.3 is 0 Å². The van der Waals surface area contributed by atoms with Crippen molar-refractivity contribution in [3.8, 4) is 0 Å². The summed E-state index contributed by atoms with van der Waals surface area (Å²) in [7, 11) is 0. The Morgan fingerprint density at radius 1 is 1.17 bits per heavy atom. The maximum absolute atomic E-state index is 11.9. The van der Waals surface area contributed by atoms with Gasteiger partial charge in [0.25, 0.3) is 5.91 Å². The summed E-state index contributed by atoms with van der Waals surface area (Å²) in [4.78, 5) is 13.7. The Bertz CT molecular complexity index is 388. The summed E-state index contributed by atoms with van der Waals surface area (Å²) < 4.78 is 5.19. The topological polar surface area (TPSA) is 81.6 Å². The van der Waals surface area contributed by atoms with E-state index in [2.05, 4.69) is 23.7 Å². The molecule has 0 atom stereocenters. The zero-order valence-corrected chi connectivity index (χ0v) is 10.9. The molecule has 0 bridgehead atoms. The molecule has 1 amide bonds. The quantitative estimate of drug-likeness (QED) is 0.717. The summed E-state index contributed by atoms with van der Waals surface area (Å²) in [6, 6.07) is 9.37. The van der Waals surface area contributed by atoms with Gasteiger partial charge < -0.3 is 21.1 Å². The van der Waals surface area contributed by atoms with E-state index in [0.717, 1.165) is 5.56 Å². The van der Waals surface area contributed by atoms with Crippen LogP contribution < -0.4 is 11.5 Å². The number of hydrogen-bond donors (Lipinski definition) is 2. The summed E-state index contributed by atoms with van der Waals surface area (Å²) in [5.74, 6) is 0.105. The molecule has 1 aromatic carbocycles. The van der Waals surface area contributed by atoms with Crippen molar-refractivity contribution in [2.24, 2.45) is 11.5 Å². The van der Waals surface area contributed by atoms with Gasteiger partial charge in [0.05, 0.1) is 13.2 Å². The maximum Gasteiger partial charge on any atom is 0.254 e. The second-order valence-electron chi connectivity index (χ2n) is 3.67. The van der Waals surface area contributed by atoms with E-state index >= 15 is 0 Å². The fourth-order valence-electron chi connectivity index (χ4n) is 1.53. The number of morpholine rings is 1. The van der Waals surface area contributed by atoms with Crippen molar-refractivity contribution < 1.29 is 9.53 Å². The van der Waals surface area contributed by atoms with Crippen LogP contribution in [-0.4, -0.2) is 42.2 Å². The van der Waals surface area contributed by atoms with Crippen LogP contribution >= 0.6 is 12.2 Å². The fraction of sp³-hybridized carbons (Fsp3) is 0.333. The lowest BCUT2D eigenvalue weighted by Gasteiger charge is -2.26.